The van der Waals surface area contributed by atoms with E-state index in [0.29, 0.717) is 17.9 Å². The molecular formula is C14H21N3O2. The third-order valence-corrected chi connectivity index (χ3v) is 3.47. The lowest BCUT2D eigenvalue weighted by Crippen LogP contribution is -2.30. The maximum atomic E-state index is 12.4. The molecule has 2 N–H and O–H groups in total. The SMILES string of the molecule is COC1CCN(C(=O)c2cc(N)nc(C(C)C)c2)C1. The van der Waals surface area contributed by atoms with Crippen LogP contribution in [-0.4, -0.2) is 42.1 Å². The number of nitrogens with zero attached hydrogens (tertiary/aromatic N) is 2. The van der Waals surface area contributed by atoms with Gasteiger partial charge in [-0.3, -0.25) is 4.79 Å². The van der Waals surface area contributed by atoms with Gasteiger partial charge in [-0.15, -0.1) is 0 Å². The van der Waals surface area contributed by atoms with E-state index in [2.05, 4.69) is 4.98 Å². The summed E-state index contributed by atoms with van der Waals surface area (Å²) in [5.41, 5.74) is 7.25. The van der Waals surface area contributed by atoms with Crippen molar-refractivity contribution in [3.05, 3.63) is 23.4 Å². The molecule has 1 atom stereocenters. The molecule has 0 saturated carbocycles. The minimum atomic E-state index is 0.00977. The molecule has 1 unspecified atom stereocenters. The number of aromatic nitrogens is 1. The van der Waals surface area contributed by atoms with Gasteiger partial charge in [-0.1, -0.05) is 13.8 Å². The fourth-order valence-electron chi connectivity index (χ4n) is 2.28. The highest BCUT2D eigenvalue weighted by Crippen LogP contribution is 2.20. The third-order valence-electron chi connectivity index (χ3n) is 3.47. The van der Waals surface area contributed by atoms with Crippen LogP contribution in [0.15, 0.2) is 12.1 Å². The minimum absolute atomic E-state index is 0.00977. The molecule has 0 aromatic carbocycles. The van der Waals surface area contributed by atoms with Crippen LogP contribution in [0.1, 0.15) is 42.2 Å². The number of carbonyl (C=O) groups is 1. The van der Waals surface area contributed by atoms with E-state index in [1.807, 2.05) is 24.8 Å². The monoisotopic (exact) mass is 263 g/mol. The molecule has 1 aliphatic rings. The zero-order valence-corrected chi connectivity index (χ0v) is 11.7. The Kier molecular flexibility index (Phi) is 4.04. The second-order valence-electron chi connectivity index (χ2n) is 5.26. The summed E-state index contributed by atoms with van der Waals surface area (Å²) in [7, 11) is 1.68. The highest BCUT2D eigenvalue weighted by Gasteiger charge is 2.27. The number of anilines is 1. The zero-order valence-electron chi connectivity index (χ0n) is 11.7. The number of nitrogen functional groups attached to an aromatic ring is 1. The van der Waals surface area contributed by atoms with Crippen LogP contribution in [-0.2, 0) is 4.74 Å². The Labute approximate surface area is 113 Å². The number of carbonyl (C=O) groups excluding carboxylic acids is 1. The van der Waals surface area contributed by atoms with E-state index in [0.717, 1.165) is 18.7 Å². The average molecular weight is 263 g/mol. The van der Waals surface area contributed by atoms with E-state index in [-0.39, 0.29) is 17.9 Å². The summed E-state index contributed by atoms with van der Waals surface area (Å²) in [5, 5.41) is 0. The van der Waals surface area contributed by atoms with Gasteiger partial charge in [0.1, 0.15) is 5.82 Å². The number of pyridine rings is 1. The molecule has 0 radical (unpaired) electrons. The summed E-state index contributed by atoms with van der Waals surface area (Å²) < 4.78 is 5.28. The fraction of sp³-hybridized carbons (Fsp3) is 0.571. The van der Waals surface area contributed by atoms with Crippen molar-refractivity contribution < 1.29 is 9.53 Å². The lowest BCUT2D eigenvalue weighted by molar-refractivity contribution is 0.0724. The van der Waals surface area contributed by atoms with Crippen molar-refractivity contribution in [2.75, 3.05) is 25.9 Å². The summed E-state index contributed by atoms with van der Waals surface area (Å²) in [6, 6.07) is 3.48. The summed E-state index contributed by atoms with van der Waals surface area (Å²) in [5.74, 6) is 0.660. The first-order valence-electron chi connectivity index (χ1n) is 6.60. The molecule has 1 fully saturated rings. The second-order valence-corrected chi connectivity index (χ2v) is 5.26. The molecule has 0 spiro atoms. The number of amides is 1. The minimum Gasteiger partial charge on any atom is -0.384 e. The van der Waals surface area contributed by atoms with Crippen LogP contribution in [0.2, 0.25) is 0 Å². The Bertz CT molecular complexity index is 474. The number of nitrogens with two attached hydrogens (primary N) is 1. The van der Waals surface area contributed by atoms with Gasteiger partial charge in [0.05, 0.1) is 6.10 Å². The largest absolute Gasteiger partial charge is 0.384 e. The molecular weight excluding hydrogens is 242 g/mol. The van der Waals surface area contributed by atoms with Gasteiger partial charge in [0.15, 0.2) is 0 Å². The maximum absolute atomic E-state index is 12.4. The van der Waals surface area contributed by atoms with E-state index in [4.69, 9.17) is 10.5 Å². The van der Waals surface area contributed by atoms with E-state index < -0.39 is 0 Å². The molecule has 19 heavy (non-hydrogen) atoms. The third kappa shape index (κ3) is 3.04. The number of hydrogen-bond acceptors (Lipinski definition) is 4. The Balaban J connectivity index is 2.19. The molecule has 1 aromatic heterocycles. The Morgan fingerprint density at radius 1 is 1.53 bits per heavy atom. The molecule has 2 heterocycles. The van der Waals surface area contributed by atoms with Crippen molar-refractivity contribution in [2.24, 2.45) is 0 Å². The van der Waals surface area contributed by atoms with Crippen molar-refractivity contribution in [3.8, 4) is 0 Å². The number of rotatable bonds is 3. The molecule has 0 bridgehead atoms. The summed E-state index contributed by atoms with van der Waals surface area (Å²) >= 11 is 0. The molecule has 5 nitrogen and oxygen atoms in total. The summed E-state index contributed by atoms with van der Waals surface area (Å²) in [6.45, 7) is 5.45. The van der Waals surface area contributed by atoms with Gasteiger partial charge in [0.25, 0.3) is 5.91 Å². The number of methoxy groups -OCH3 is 1. The van der Waals surface area contributed by atoms with Crippen LogP contribution in [0.3, 0.4) is 0 Å². The van der Waals surface area contributed by atoms with Gasteiger partial charge >= 0.3 is 0 Å². The van der Waals surface area contributed by atoms with E-state index in [9.17, 15) is 4.79 Å². The average Bonchev–Trinajstić information content (AvgIpc) is 2.85. The van der Waals surface area contributed by atoms with Crippen LogP contribution in [0.5, 0.6) is 0 Å². The van der Waals surface area contributed by atoms with Crippen molar-refractivity contribution >= 4 is 11.7 Å². The Morgan fingerprint density at radius 3 is 2.84 bits per heavy atom. The van der Waals surface area contributed by atoms with Crippen LogP contribution in [0, 0.1) is 0 Å². The molecule has 2 rings (SSSR count). The molecule has 104 valence electrons. The highest BCUT2D eigenvalue weighted by molar-refractivity contribution is 5.95. The normalized spacial score (nSPS) is 19.2. The van der Waals surface area contributed by atoms with Gasteiger partial charge in [0, 0.05) is 31.5 Å². The quantitative estimate of drug-likeness (QED) is 0.900. The standard InChI is InChI=1S/C14H21N3O2/c1-9(2)12-6-10(7-13(15)16-12)14(18)17-5-4-11(8-17)19-3/h6-7,9,11H,4-5,8H2,1-3H3,(H2,15,16). The van der Waals surface area contributed by atoms with Crippen LogP contribution in [0.25, 0.3) is 0 Å². The zero-order chi connectivity index (χ0) is 14.0. The summed E-state index contributed by atoms with van der Waals surface area (Å²) in [4.78, 5) is 18.5. The smallest absolute Gasteiger partial charge is 0.254 e. The van der Waals surface area contributed by atoms with Crippen LogP contribution < -0.4 is 5.73 Å². The lowest BCUT2D eigenvalue weighted by Gasteiger charge is -2.17. The van der Waals surface area contributed by atoms with Gasteiger partial charge < -0.3 is 15.4 Å². The van der Waals surface area contributed by atoms with Crippen molar-refractivity contribution in [2.45, 2.75) is 32.3 Å². The fourth-order valence-corrected chi connectivity index (χ4v) is 2.28. The first-order valence-corrected chi connectivity index (χ1v) is 6.60. The first kappa shape index (κ1) is 13.8. The second kappa shape index (κ2) is 5.57. The van der Waals surface area contributed by atoms with E-state index in [1.165, 1.54) is 0 Å². The topological polar surface area (TPSA) is 68.5 Å². The van der Waals surface area contributed by atoms with Gasteiger partial charge in [-0.25, -0.2) is 4.98 Å². The van der Waals surface area contributed by atoms with Crippen molar-refractivity contribution in [1.82, 2.24) is 9.88 Å². The molecule has 1 aromatic rings. The maximum Gasteiger partial charge on any atom is 0.254 e. The van der Waals surface area contributed by atoms with E-state index in [1.54, 1.807) is 13.2 Å². The highest BCUT2D eigenvalue weighted by atomic mass is 16.5. The lowest BCUT2D eigenvalue weighted by atomic mass is 10.1. The van der Waals surface area contributed by atoms with Crippen molar-refractivity contribution in [1.29, 1.82) is 0 Å². The molecule has 1 amide bonds. The van der Waals surface area contributed by atoms with E-state index >= 15 is 0 Å². The Hall–Kier alpha value is -1.62. The molecule has 0 aliphatic carbocycles. The molecule has 1 aliphatic heterocycles. The van der Waals surface area contributed by atoms with Crippen LogP contribution in [0.4, 0.5) is 5.82 Å². The van der Waals surface area contributed by atoms with Crippen molar-refractivity contribution in [3.63, 3.8) is 0 Å². The Morgan fingerprint density at radius 2 is 2.26 bits per heavy atom. The first-order chi connectivity index (χ1) is 9.01. The van der Waals surface area contributed by atoms with Gasteiger partial charge in [-0.05, 0) is 24.5 Å². The summed E-state index contributed by atoms with van der Waals surface area (Å²) in [6.07, 6.45) is 1.03. The predicted octanol–water partition coefficient (Wildman–Crippen LogP) is 1.65. The van der Waals surface area contributed by atoms with Gasteiger partial charge in [0.2, 0.25) is 0 Å². The predicted molar refractivity (Wildman–Crippen MR) is 74.1 cm³/mol. The number of likely N-dealkylation sites (tertiary alicyclic amines) is 1. The molecule has 5 heteroatoms. The van der Waals surface area contributed by atoms with Gasteiger partial charge in [-0.2, -0.15) is 0 Å². The molecule has 1 saturated heterocycles. The van der Waals surface area contributed by atoms with Crippen LogP contribution >= 0.6 is 0 Å². The number of ether oxygens (including phenoxy) is 1. The number of hydrogen-bond donors (Lipinski definition) is 1.